The second-order valence-corrected chi connectivity index (χ2v) is 1.69. The van der Waals surface area contributed by atoms with E-state index < -0.39 is 0 Å². The fourth-order valence-electron chi connectivity index (χ4n) is 0.552. The van der Waals surface area contributed by atoms with Gasteiger partial charge >= 0.3 is 0 Å². The van der Waals surface area contributed by atoms with E-state index in [2.05, 4.69) is 15.4 Å². The molecule has 1 rings (SSSR count). The molecular weight excluding hydrogens is 118 g/mol. The van der Waals surface area contributed by atoms with Crippen molar-refractivity contribution in [1.29, 1.82) is 0 Å². The number of H-pyrrole nitrogens is 1. The van der Waals surface area contributed by atoms with Gasteiger partial charge in [0, 0.05) is 11.3 Å². The van der Waals surface area contributed by atoms with Crippen LogP contribution in [0.4, 0.5) is 0 Å². The summed E-state index contributed by atoms with van der Waals surface area (Å²) in [5.41, 5.74) is 1.70. The number of nitrogens with one attached hydrogen (secondary N) is 1. The largest absolute Gasteiger partial charge is 0.411 e. The van der Waals surface area contributed by atoms with Crippen LogP contribution in [0.5, 0.6) is 0 Å². The first kappa shape index (κ1) is 5.81. The number of aromatic amines is 1. The van der Waals surface area contributed by atoms with Crippen LogP contribution >= 0.6 is 0 Å². The molecule has 48 valence electrons. The Morgan fingerprint density at radius 2 is 2.67 bits per heavy atom. The number of hydrogen-bond donors (Lipinski definition) is 2. The highest BCUT2D eigenvalue weighted by Crippen LogP contribution is 1.96. The summed E-state index contributed by atoms with van der Waals surface area (Å²) in [5, 5.41) is 17.4. The molecule has 0 saturated heterocycles. The average Bonchev–Trinajstić information content (AvgIpc) is 2.18. The fourth-order valence-corrected chi connectivity index (χ4v) is 0.552. The Morgan fingerprint density at radius 3 is 3.11 bits per heavy atom. The Morgan fingerprint density at radius 1 is 1.89 bits per heavy atom. The van der Waals surface area contributed by atoms with Crippen LogP contribution in [0.15, 0.2) is 11.4 Å². The standard InChI is InChI=1S/C5H7N3O/c1-4-5(3-7-9)2-6-8-4/h2-3,9H,1H3,(H,6,8). The molecule has 2 N–H and O–H groups in total. The first-order valence-electron chi connectivity index (χ1n) is 2.52. The van der Waals surface area contributed by atoms with E-state index in [0.717, 1.165) is 11.3 Å². The summed E-state index contributed by atoms with van der Waals surface area (Å²) in [6, 6.07) is 0. The van der Waals surface area contributed by atoms with Crippen molar-refractivity contribution in [3.05, 3.63) is 17.5 Å². The van der Waals surface area contributed by atoms with Gasteiger partial charge in [0.1, 0.15) is 0 Å². The summed E-state index contributed by atoms with van der Waals surface area (Å²) < 4.78 is 0. The van der Waals surface area contributed by atoms with E-state index in [0.29, 0.717) is 0 Å². The average molecular weight is 125 g/mol. The van der Waals surface area contributed by atoms with Crippen LogP contribution in [0, 0.1) is 6.92 Å². The number of aryl methyl sites for hydroxylation is 1. The third-order valence-electron chi connectivity index (χ3n) is 1.07. The molecule has 1 aromatic rings. The Bertz CT molecular complexity index is 216. The Balaban J connectivity index is 2.94. The van der Waals surface area contributed by atoms with Crippen molar-refractivity contribution in [2.45, 2.75) is 6.92 Å². The molecule has 0 fully saturated rings. The zero-order chi connectivity index (χ0) is 6.69. The molecule has 0 unspecified atom stereocenters. The molecule has 0 bridgehead atoms. The number of rotatable bonds is 1. The Hall–Kier alpha value is -1.32. The van der Waals surface area contributed by atoms with Gasteiger partial charge in [-0.1, -0.05) is 5.16 Å². The highest BCUT2D eigenvalue weighted by atomic mass is 16.4. The van der Waals surface area contributed by atoms with Crippen molar-refractivity contribution < 1.29 is 5.21 Å². The molecule has 4 nitrogen and oxygen atoms in total. The summed E-state index contributed by atoms with van der Waals surface area (Å²) in [7, 11) is 0. The van der Waals surface area contributed by atoms with Gasteiger partial charge in [-0.25, -0.2) is 0 Å². The minimum atomic E-state index is 0.803. The van der Waals surface area contributed by atoms with Crippen LogP contribution in [-0.4, -0.2) is 21.6 Å². The van der Waals surface area contributed by atoms with Gasteiger partial charge in [-0.2, -0.15) is 5.10 Å². The number of aromatic nitrogens is 2. The minimum absolute atomic E-state index is 0.803. The summed E-state index contributed by atoms with van der Waals surface area (Å²) in [4.78, 5) is 0. The molecule has 0 atom stereocenters. The maximum Gasteiger partial charge on any atom is 0.0767 e. The van der Waals surface area contributed by atoms with Gasteiger partial charge in [0.05, 0.1) is 12.4 Å². The van der Waals surface area contributed by atoms with Gasteiger partial charge in [0.25, 0.3) is 0 Å². The fraction of sp³-hybridized carbons (Fsp3) is 0.200. The number of hydrogen-bond acceptors (Lipinski definition) is 3. The van der Waals surface area contributed by atoms with E-state index in [1.165, 1.54) is 6.21 Å². The monoisotopic (exact) mass is 125 g/mol. The molecule has 9 heavy (non-hydrogen) atoms. The van der Waals surface area contributed by atoms with Gasteiger partial charge in [-0.15, -0.1) is 0 Å². The van der Waals surface area contributed by atoms with Crippen LogP contribution in [0.25, 0.3) is 0 Å². The minimum Gasteiger partial charge on any atom is -0.411 e. The molecule has 0 aliphatic rings. The van der Waals surface area contributed by atoms with Gasteiger partial charge < -0.3 is 5.21 Å². The molecular formula is C5H7N3O. The summed E-state index contributed by atoms with van der Waals surface area (Å²) >= 11 is 0. The van der Waals surface area contributed by atoms with Crippen LogP contribution in [0.3, 0.4) is 0 Å². The first-order valence-corrected chi connectivity index (χ1v) is 2.52. The lowest BCUT2D eigenvalue weighted by molar-refractivity contribution is 0.322. The van der Waals surface area contributed by atoms with Gasteiger partial charge in [0.2, 0.25) is 0 Å². The van der Waals surface area contributed by atoms with Gasteiger partial charge in [0.15, 0.2) is 0 Å². The highest BCUT2D eigenvalue weighted by Gasteiger charge is 1.93. The molecule has 1 heterocycles. The zero-order valence-electron chi connectivity index (χ0n) is 5.00. The number of nitrogens with zero attached hydrogens (tertiary/aromatic N) is 2. The quantitative estimate of drug-likeness (QED) is 0.326. The van der Waals surface area contributed by atoms with Crippen molar-refractivity contribution in [1.82, 2.24) is 10.2 Å². The molecule has 0 aliphatic carbocycles. The second-order valence-electron chi connectivity index (χ2n) is 1.69. The van der Waals surface area contributed by atoms with Crippen LogP contribution in [0.2, 0.25) is 0 Å². The number of oxime groups is 1. The van der Waals surface area contributed by atoms with E-state index in [1.54, 1.807) is 6.20 Å². The third-order valence-corrected chi connectivity index (χ3v) is 1.07. The van der Waals surface area contributed by atoms with Gasteiger partial charge in [-0.05, 0) is 6.92 Å². The van der Waals surface area contributed by atoms with Crippen molar-refractivity contribution in [3.8, 4) is 0 Å². The van der Waals surface area contributed by atoms with Crippen molar-refractivity contribution in [2.24, 2.45) is 5.16 Å². The molecule has 0 spiro atoms. The van der Waals surface area contributed by atoms with Crippen LogP contribution < -0.4 is 0 Å². The van der Waals surface area contributed by atoms with Crippen molar-refractivity contribution in [3.63, 3.8) is 0 Å². The Kier molecular flexibility index (Phi) is 1.48. The molecule has 4 heteroatoms. The van der Waals surface area contributed by atoms with E-state index >= 15 is 0 Å². The van der Waals surface area contributed by atoms with E-state index in [1.807, 2.05) is 6.92 Å². The summed E-state index contributed by atoms with van der Waals surface area (Å²) in [5.74, 6) is 0. The third kappa shape index (κ3) is 1.07. The Labute approximate surface area is 52.2 Å². The molecule has 0 amide bonds. The molecule has 0 saturated carbocycles. The van der Waals surface area contributed by atoms with E-state index in [-0.39, 0.29) is 0 Å². The smallest absolute Gasteiger partial charge is 0.0767 e. The van der Waals surface area contributed by atoms with Crippen LogP contribution in [0.1, 0.15) is 11.3 Å². The SMILES string of the molecule is Cc1[nH]ncc1C=NO. The lowest BCUT2D eigenvalue weighted by atomic mass is 10.3. The van der Waals surface area contributed by atoms with E-state index in [9.17, 15) is 0 Å². The van der Waals surface area contributed by atoms with E-state index in [4.69, 9.17) is 5.21 Å². The van der Waals surface area contributed by atoms with Gasteiger partial charge in [-0.3, -0.25) is 5.10 Å². The van der Waals surface area contributed by atoms with Crippen molar-refractivity contribution in [2.75, 3.05) is 0 Å². The normalized spacial score (nSPS) is 10.8. The maximum absolute atomic E-state index is 8.09. The molecule has 0 radical (unpaired) electrons. The second kappa shape index (κ2) is 2.30. The molecule has 0 aliphatic heterocycles. The molecule has 1 aromatic heterocycles. The van der Waals surface area contributed by atoms with Crippen LogP contribution in [-0.2, 0) is 0 Å². The summed E-state index contributed by atoms with van der Waals surface area (Å²) in [6.07, 6.45) is 2.92. The predicted molar refractivity (Wildman–Crippen MR) is 32.7 cm³/mol. The zero-order valence-corrected chi connectivity index (χ0v) is 5.00. The van der Waals surface area contributed by atoms with Crippen molar-refractivity contribution >= 4 is 6.21 Å². The maximum atomic E-state index is 8.09. The summed E-state index contributed by atoms with van der Waals surface area (Å²) in [6.45, 7) is 1.85. The topological polar surface area (TPSA) is 61.3 Å². The predicted octanol–water partition coefficient (Wildman–Crippen LogP) is 0.526. The molecule has 0 aromatic carbocycles. The first-order chi connectivity index (χ1) is 4.34. The lowest BCUT2D eigenvalue weighted by Gasteiger charge is -1.81. The lowest BCUT2D eigenvalue weighted by Crippen LogP contribution is -1.79. The highest BCUT2D eigenvalue weighted by molar-refractivity contribution is 5.79.